The lowest BCUT2D eigenvalue weighted by Crippen LogP contribution is -2.04. The Morgan fingerprint density at radius 2 is 1.56 bits per heavy atom. The summed E-state index contributed by atoms with van der Waals surface area (Å²) in [5.74, 6) is -0.418. The Bertz CT molecular complexity index is 224. The zero-order chi connectivity index (χ0) is 12.2. The van der Waals surface area contributed by atoms with Gasteiger partial charge in [-0.2, -0.15) is 0 Å². The standard InChI is InChI=1S/C13H23NO2/c1-3-4-5-6-7-8-9-10-12(15)11-13(16)14-2/h2-11H2,1H3. The first kappa shape index (κ1) is 15.0. The molecule has 1 amide bonds. The van der Waals surface area contributed by atoms with Crippen molar-refractivity contribution in [2.75, 3.05) is 0 Å². The summed E-state index contributed by atoms with van der Waals surface area (Å²) in [7, 11) is 0. The van der Waals surface area contributed by atoms with Gasteiger partial charge in [0.2, 0.25) is 0 Å². The van der Waals surface area contributed by atoms with Crippen molar-refractivity contribution in [1.29, 1.82) is 0 Å². The minimum absolute atomic E-state index is 0.00837. The van der Waals surface area contributed by atoms with Crippen LogP contribution >= 0.6 is 0 Å². The highest BCUT2D eigenvalue weighted by molar-refractivity contribution is 5.99. The fraction of sp³-hybridized carbons (Fsp3) is 0.769. The number of aliphatic imine (C=N–C) groups is 1. The molecule has 0 fully saturated rings. The van der Waals surface area contributed by atoms with E-state index >= 15 is 0 Å². The average molecular weight is 225 g/mol. The van der Waals surface area contributed by atoms with Crippen molar-refractivity contribution in [2.24, 2.45) is 4.99 Å². The maximum atomic E-state index is 11.2. The van der Waals surface area contributed by atoms with Gasteiger partial charge < -0.3 is 0 Å². The lowest BCUT2D eigenvalue weighted by atomic mass is 10.1. The second-order valence-corrected chi connectivity index (χ2v) is 4.14. The number of unbranched alkanes of at least 4 members (excludes halogenated alkanes) is 6. The zero-order valence-electron chi connectivity index (χ0n) is 10.3. The SMILES string of the molecule is C=NC(=O)CC(=O)CCCCCCCCC. The molecule has 0 aliphatic heterocycles. The first-order valence-corrected chi connectivity index (χ1v) is 6.22. The van der Waals surface area contributed by atoms with Gasteiger partial charge in [0.1, 0.15) is 5.78 Å². The minimum Gasteiger partial charge on any atom is -0.299 e. The van der Waals surface area contributed by atoms with Crippen molar-refractivity contribution < 1.29 is 9.59 Å². The predicted octanol–water partition coefficient (Wildman–Crippen LogP) is 3.31. The molecule has 0 aromatic rings. The molecule has 16 heavy (non-hydrogen) atoms. The molecular formula is C13H23NO2. The van der Waals surface area contributed by atoms with Crippen LogP contribution in [0.1, 0.15) is 64.7 Å². The third-order valence-corrected chi connectivity index (χ3v) is 2.58. The molecular weight excluding hydrogens is 202 g/mol. The summed E-state index contributed by atoms with van der Waals surface area (Å²) in [4.78, 5) is 25.2. The highest BCUT2D eigenvalue weighted by atomic mass is 16.2. The van der Waals surface area contributed by atoms with E-state index in [0.29, 0.717) is 6.42 Å². The second-order valence-electron chi connectivity index (χ2n) is 4.14. The quantitative estimate of drug-likeness (QED) is 0.325. The van der Waals surface area contributed by atoms with E-state index in [1.807, 2.05) is 0 Å². The summed E-state index contributed by atoms with van der Waals surface area (Å²) >= 11 is 0. The molecule has 0 aliphatic carbocycles. The van der Waals surface area contributed by atoms with Crippen molar-refractivity contribution in [3.63, 3.8) is 0 Å². The first-order chi connectivity index (χ1) is 7.70. The lowest BCUT2D eigenvalue weighted by molar-refractivity contribution is -0.126. The summed E-state index contributed by atoms with van der Waals surface area (Å²) in [6, 6.07) is 0. The molecule has 0 N–H and O–H groups in total. The molecule has 3 heteroatoms. The van der Waals surface area contributed by atoms with Crippen LogP contribution < -0.4 is 0 Å². The van der Waals surface area contributed by atoms with Crippen molar-refractivity contribution in [3.8, 4) is 0 Å². The normalized spacial score (nSPS) is 10.1. The Balaban J connectivity index is 3.28. The predicted molar refractivity (Wildman–Crippen MR) is 66.8 cm³/mol. The van der Waals surface area contributed by atoms with Gasteiger partial charge in [-0.25, -0.2) is 4.99 Å². The van der Waals surface area contributed by atoms with Crippen molar-refractivity contribution >= 4 is 18.4 Å². The maximum Gasteiger partial charge on any atom is 0.252 e. The molecule has 0 aliphatic rings. The van der Waals surface area contributed by atoms with Gasteiger partial charge in [-0.3, -0.25) is 9.59 Å². The highest BCUT2D eigenvalue weighted by Crippen LogP contribution is 2.09. The number of nitrogens with zero attached hydrogens (tertiary/aromatic N) is 1. The van der Waals surface area contributed by atoms with Gasteiger partial charge in [0.05, 0.1) is 6.42 Å². The van der Waals surface area contributed by atoms with E-state index in [1.165, 1.54) is 32.1 Å². The fourth-order valence-corrected chi connectivity index (χ4v) is 1.59. The molecule has 0 atom stereocenters. The molecule has 0 spiro atoms. The zero-order valence-corrected chi connectivity index (χ0v) is 10.3. The Morgan fingerprint density at radius 1 is 1.00 bits per heavy atom. The van der Waals surface area contributed by atoms with Gasteiger partial charge in [0, 0.05) is 6.42 Å². The van der Waals surface area contributed by atoms with Crippen LogP contribution in [0.2, 0.25) is 0 Å². The average Bonchev–Trinajstić information content (AvgIpc) is 2.27. The number of amides is 1. The summed E-state index contributed by atoms with van der Waals surface area (Å²) < 4.78 is 0. The monoisotopic (exact) mass is 225 g/mol. The topological polar surface area (TPSA) is 46.5 Å². The van der Waals surface area contributed by atoms with Crippen molar-refractivity contribution in [2.45, 2.75) is 64.7 Å². The molecule has 0 saturated carbocycles. The van der Waals surface area contributed by atoms with Gasteiger partial charge in [-0.15, -0.1) is 0 Å². The van der Waals surface area contributed by atoms with Crippen LogP contribution in [0.4, 0.5) is 0 Å². The molecule has 0 unspecified atom stereocenters. The number of carbonyl (C=O) groups is 2. The van der Waals surface area contributed by atoms with E-state index in [2.05, 4.69) is 18.6 Å². The molecule has 0 aromatic heterocycles. The van der Waals surface area contributed by atoms with Crippen LogP contribution in [-0.4, -0.2) is 18.4 Å². The second kappa shape index (κ2) is 10.5. The molecule has 92 valence electrons. The van der Waals surface area contributed by atoms with E-state index in [0.717, 1.165) is 12.8 Å². The Kier molecular flexibility index (Phi) is 9.87. The van der Waals surface area contributed by atoms with Gasteiger partial charge in [-0.1, -0.05) is 45.4 Å². The first-order valence-electron chi connectivity index (χ1n) is 6.22. The number of carbonyl (C=O) groups excluding carboxylic acids is 2. The van der Waals surface area contributed by atoms with Crippen LogP contribution in [0.25, 0.3) is 0 Å². The van der Waals surface area contributed by atoms with E-state index in [4.69, 9.17) is 0 Å². The van der Waals surface area contributed by atoms with Gasteiger partial charge in [0.25, 0.3) is 5.91 Å². The Morgan fingerprint density at radius 3 is 2.12 bits per heavy atom. The maximum absolute atomic E-state index is 11.2. The van der Waals surface area contributed by atoms with E-state index in [9.17, 15) is 9.59 Å². The van der Waals surface area contributed by atoms with Crippen molar-refractivity contribution in [3.05, 3.63) is 0 Å². The molecule has 0 rings (SSSR count). The van der Waals surface area contributed by atoms with Crippen LogP contribution in [-0.2, 0) is 9.59 Å². The van der Waals surface area contributed by atoms with E-state index in [1.54, 1.807) is 0 Å². The third kappa shape index (κ3) is 9.56. The van der Waals surface area contributed by atoms with Crippen LogP contribution in [0.3, 0.4) is 0 Å². The van der Waals surface area contributed by atoms with E-state index < -0.39 is 5.91 Å². The Hall–Kier alpha value is -0.990. The van der Waals surface area contributed by atoms with Gasteiger partial charge in [-0.05, 0) is 13.1 Å². The molecule has 0 radical (unpaired) electrons. The summed E-state index contributed by atoms with van der Waals surface area (Å²) in [6.45, 7) is 5.30. The summed E-state index contributed by atoms with van der Waals surface area (Å²) in [6.07, 6.45) is 8.74. The number of Topliss-reactive ketones (excluding diaryl/α,β-unsaturated/α-hetero) is 1. The van der Waals surface area contributed by atoms with E-state index in [-0.39, 0.29) is 12.2 Å². The number of hydrogen-bond acceptors (Lipinski definition) is 2. The van der Waals surface area contributed by atoms with Crippen LogP contribution in [0, 0.1) is 0 Å². The minimum atomic E-state index is -0.409. The summed E-state index contributed by atoms with van der Waals surface area (Å²) in [5.41, 5.74) is 0. The molecule has 0 saturated heterocycles. The third-order valence-electron chi connectivity index (χ3n) is 2.58. The molecule has 0 aromatic carbocycles. The summed E-state index contributed by atoms with van der Waals surface area (Å²) in [5, 5.41) is 0. The van der Waals surface area contributed by atoms with Gasteiger partial charge >= 0.3 is 0 Å². The van der Waals surface area contributed by atoms with Crippen LogP contribution in [0.5, 0.6) is 0 Å². The smallest absolute Gasteiger partial charge is 0.252 e. The van der Waals surface area contributed by atoms with Gasteiger partial charge in [0.15, 0.2) is 0 Å². The lowest BCUT2D eigenvalue weighted by Gasteiger charge is -2.00. The fourth-order valence-electron chi connectivity index (χ4n) is 1.59. The highest BCUT2D eigenvalue weighted by Gasteiger charge is 2.06. The van der Waals surface area contributed by atoms with Crippen molar-refractivity contribution in [1.82, 2.24) is 0 Å². The molecule has 0 heterocycles. The Labute approximate surface area is 98.3 Å². The molecule has 3 nitrogen and oxygen atoms in total. The number of ketones is 1. The number of rotatable bonds is 10. The van der Waals surface area contributed by atoms with Crippen LogP contribution in [0.15, 0.2) is 4.99 Å². The number of hydrogen-bond donors (Lipinski definition) is 0. The largest absolute Gasteiger partial charge is 0.299 e. The molecule has 0 bridgehead atoms.